The highest BCUT2D eigenvalue weighted by Gasteiger charge is 2.25. The van der Waals surface area contributed by atoms with Gasteiger partial charge in [-0.3, -0.25) is 4.79 Å². The van der Waals surface area contributed by atoms with Gasteiger partial charge in [0.15, 0.2) is 11.0 Å². The van der Waals surface area contributed by atoms with E-state index in [4.69, 9.17) is 11.6 Å². The molecule has 7 heteroatoms. The molecule has 1 aromatic carbocycles. The first-order valence-corrected chi connectivity index (χ1v) is 9.19. The molecule has 1 atom stereocenters. The number of nitrogens with one attached hydrogen (secondary N) is 1. The predicted octanol–water partition coefficient (Wildman–Crippen LogP) is 2.72. The van der Waals surface area contributed by atoms with Gasteiger partial charge in [-0.2, -0.15) is 0 Å². The molecule has 1 saturated heterocycles. The van der Waals surface area contributed by atoms with Crippen LogP contribution in [0.25, 0.3) is 0 Å². The molecule has 138 valence electrons. The van der Waals surface area contributed by atoms with Crippen LogP contribution in [-0.2, 0) is 11.3 Å². The molecule has 2 heterocycles. The number of hydrogen-bond donors (Lipinski definition) is 2. The Hall–Kier alpha value is -2.18. The van der Waals surface area contributed by atoms with E-state index in [2.05, 4.69) is 20.4 Å². The maximum Gasteiger partial charge on any atom is 0.223 e. The molecular weight excluding hydrogens is 352 g/mol. The first-order valence-electron chi connectivity index (χ1n) is 8.81. The van der Waals surface area contributed by atoms with Crippen molar-refractivity contribution in [1.82, 2.24) is 15.5 Å². The predicted molar refractivity (Wildman–Crippen MR) is 101 cm³/mol. The second kappa shape index (κ2) is 8.47. The monoisotopic (exact) mass is 374 g/mol. The minimum atomic E-state index is -0.478. The largest absolute Gasteiger partial charge is 0.389 e. The number of aromatic nitrogens is 2. The van der Waals surface area contributed by atoms with Gasteiger partial charge in [-0.25, -0.2) is 0 Å². The minimum Gasteiger partial charge on any atom is -0.389 e. The van der Waals surface area contributed by atoms with E-state index in [0.717, 1.165) is 42.9 Å². The number of aliphatic hydroxyl groups excluding tert-OH is 1. The third kappa shape index (κ3) is 4.71. The van der Waals surface area contributed by atoms with Crippen LogP contribution in [0, 0.1) is 5.92 Å². The standard InChI is InChI=1S/C19H23ClN4O2/c1-13(25)15-4-2-14(3-5-15)12-21-19(26)16-8-10-24(11-9-16)18-7-6-17(20)22-23-18/h2-7,13,16,25H,8-12H2,1H3,(H,21,26). The Labute approximate surface area is 158 Å². The number of aliphatic hydroxyl groups is 1. The zero-order chi connectivity index (χ0) is 18.5. The van der Waals surface area contributed by atoms with Gasteiger partial charge in [0, 0.05) is 25.6 Å². The van der Waals surface area contributed by atoms with Crippen LogP contribution in [0.5, 0.6) is 0 Å². The second-order valence-electron chi connectivity index (χ2n) is 6.61. The second-order valence-corrected chi connectivity index (χ2v) is 7.00. The number of amides is 1. The summed E-state index contributed by atoms with van der Waals surface area (Å²) in [4.78, 5) is 14.5. The number of benzene rings is 1. The average Bonchev–Trinajstić information content (AvgIpc) is 2.67. The zero-order valence-electron chi connectivity index (χ0n) is 14.7. The van der Waals surface area contributed by atoms with E-state index in [0.29, 0.717) is 11.7 Å². The first-order chi connectivity index (χ1) is 12.5. The quantitative estimate of drug-likeness (QED) is 0.841. The van der Waals surface area contributed by atoms with E-state index < -0.39 is 6.10 Å². The molecule has 1 amide bonds. The smallest absolute Gasteiger partial charge is 0.223 e. The molecule has 1 unspecified atom stereocenters. The summed E-state index contributed by atoms with van der Waals surface area (Å²) < 4.78 is 0. The van der Waals surface area contributed by atoms with Crippen molar-refractivity contribution in [1.29, 1.82) is 0 Å². The number of anilines is 1. The van der Waals surface area contributed by atoms with Crippen LogP contribution in [-0.4, -0.2) is 34.3 Å². The summed E-state index contributed by atoms with van der Waals surface area (Å²) >= 11 is 5.77. The van der Waals surface area contributed by atoms with Crippen LogP contribution in [0.4, 0.5) is 5.82 Å². The molecule has 2 N–H and O–H groups in total. The molecule has 0 aliphatic carbocycles. The first kappa shape index (κ1) is 18.6. The molecule has 1 aliphatic rings. The summed E-state index contributed by atoms with van der Waals surface area (Å²) in [7, 11) is 0. The van der Waals surface area contributed by atoms with E-state index in [1.54, 1.807) is 13.0 Å². The maximum absolute atomic E-state index is 12.4. The Kier molecular flexibility index (Phi) is 6.06. The Balaban J connectivity index is 1.47. The molecule has 0 bridgehead atoms. The van der Waals surface area contributed by atoms with Gasteiger partial charge in [0.1, 0.15) is 0 Å². The number of nitrogens with zero attached hydrogens (tertiary/aromatic N) is 3. The van der Waals surface area contributed by atoms with Gasteiger partial charge < -0.3 is 15.3 Å². The number of hydrogen-bond acceptors (Lipinski definition) is 5. The number of piperidine rings is 1. The Morgan fingerprint density at radius 2 is 1.92 bits per heavy atom. The van der Waals surface area contributed by atoms with Crippen molar-refractivity contribution in [3.63, 3.8) is 0 Å². The fourth-order valence-electron chi connectivity index (χ4n) is 3.10. The van der Waals surface area contributed by atoms with Gasteiger partial charge in [0.05, 0.1) is 6.10 Å². The lowest BCUT2D eigenvalue weighted by Crippen LogP contribution is -2.40. The van der Waals surface area contributed by atoms with Crippen LogP contribution in [0.2, 0.25) is 5.15 Å². The molecule has 0 radical (unpaired) electrons. The van der Waals surface area contributed by atoms with Crippen LogP contribution < -0.4 is 10.2 Å². The van der Waals surface area contributed by atoms with Crippen molar-refractivity contribution in [2.45, 2.75) is 32.4 Å². The van der Waals surface area contributed by atoms with E-state index in [-0.39, 0.29) is 11.8 Å². The lowest BCUT2D eigenvalue weighted by atomic mass is 9.96. The van der Waals surface area contributed by atoms with Gasteiger partial charge in [-0.1, -0.05) is 35.9 Å². The van der Waals surface area contributed by atoms with Crippen LogP contribution in [0.1, 0.15) is 37.0 Å². The summed E-state index contributed by atoms with van der Waals surface area (Å²) in [5.74, 6) is 0.904. The summed E-state index contributed by atoms with van der Waals surface area (Å²) in [6.07, 6.45) is 1.10. The fourth-order valence-corrected chi connectivity index (χ4v) is 3.20. The Bertz CT molecular complexity index is 726. The van der Waals surface area contributed by atoms with E-state index in [1.807, 2.05) is 30.3 Å². The molecule has 0 spiro atoms. The molecule has 6 nitrogen and oxygen atoms in total. The molecule has 3 rings (SSSR count). The fraction of sp³-hybridized carbons (Fsp3) is 0.421. The van der Waals surface area contributed by atoms with Crippen molar-refractivity contribution in [3.05, 3.63) is 52.7 Å². The molecular formula is C19H23ClN4O2. The Morgan fingerprint density at radius 1 is 1.23 bits per heavy atom. The van der Waals surface area contributed by atoms with Crippen molar-refractivity contribution in [2.75, 3.05) is 18.0 Å². The topological polar surface area (TPSA) is 78.4 Å². The van der Waals surface area contributed by atoms with Gasteiger partial charge in [0.25, 0.3) is 0 Å². The number of carbonyl (C=O) groups excluding carboxylic acids is 1. The van der Waals surface area contributed by atoms with Crippen molar-refractivity contribution in [3.8, 4) is 0 Å². The zero-order valence-corrected chi connectivity index (χ0v) is 15.5. The summed E-state index contributed by atoms with van der Waals surface area (Å²) in [5, 5.41) is 20.9. The maximum atomic E-state index is 12.4. The van der Waals surface area contributed by atoms with Crippen LogP contribution >= 0.6 is 11.6 Å². The summed E-state index contributed by atoms with van der Waals surface area (Å²) in [6, 6.07) is 11.2. The molecule has 1 fully saturated rings. The van der Waals surface area contributed by atoms with Crippen molar-refractivity contribution < 1.29 is 9.90 Å². The molecule has 0 saturated carbocycles. The van der Waals surface area contributed by atoms with Crippen molar-refractivity contribution >= 4 is 23.3 Å². The average molecular weight is 375 g/mol. The van der Waals surface area contributed by atoms with E-state index in [1.165, 1.54) is 0 Å². The van der Waals surface area contributed by atoms with E-state index in [9.17, 15) is 9.90 Å². The lowest BCUT2D eigenvalue weighted by molar-refractivity contribution is -0.125. The Morgan fingerprint density at radius 3 is 2.50 bits per heavy atom. The number of rotatable bonds is 5. The van der Waals surface area contributed by atoms with E-state index >= 15 is 0 Å². The van der Waals surface area contributed by atoms with Gasteiger partial charge in [0.2, 0.25) is 5.91 Å². The highest BCUT2D eigenvalue weighted by atomic mass is 35.5. The molecule has 2 aromatic rings. The molecule has 1 aromatic heterocycles. The third-order valence-corrected chi connectivity index (χ3v) is 4.94. The molecule has 26 heavy (non-hydrogen) atoms. The number of halogens is 1. The summed E-state index contributed by atoms with van der Waals surface area (Å²) in [6.45, 7) is 3.79. The normalized spacial score (nSPS) is 16.3. The highest BCUT2D eigenvalue weighted by Crippen LogP contribution is 2.22. The number of carbonyl (C=O) groups is 1. The minimum absolute atomic E-state index is 0.0169. The SMILES string of the molecule is CC(O)c1ccc(CNC(=O)C2CCN(c3ccc(Cl)nn3)CC2)cc1. The van der Waals surface area contributed by atoms with Crippen LogP contribution in [0.3, 0.4) is 0 Å². The van der Waals surface area contributed by atoms with Gasteiger partial charge >= 0.3 is 0 Å². The van der Waals surface area contributed by atoms with Crippen LogP contribution in [0.15, 0.2) is 36.4 Å². The lowest BCUT2D eigenvalue weighted by Gasteiger charge is -2.31. The van der Waals surface area contributed by atoms with Gasteiger partial charge in [-0.05, 0) is 43.0 Å². The summed E-state index contributed by atoms with van der Waals surface area (Å²) in [5.41, 5.74) is 1.90. The molecule has 1 aliphatic heterocycles. The van der Waals surface area contributed by atoms with Crippen molar-refractivity contribution in [2.24, 2.45) is 5.92 Å². The van der Waals surface area contributed by atoms with Gasteiger partial charge in [-0.15, -0.1) is 10.2 Å². The third-order valence-electron chi connectivity index (χ3n) is 4.74. The highest BCUT2D eigenvalue weighted by molar-refractivity contribution is 6.29.